The lowest BCUT2D eigenvalue weighted by molar-refractivity contribution is 0.0696. The maximum Gasteiger partial charge on any atom is 0.335 e. The molecular formula is C18H18FNO2. The number of carboxylic acid groups (broad SMARTS) is 1. The fourth-order valence-electron chi connectivity index (χ4n) is 3.10. The molecule has 3 nitrogen and oxygen atoms in total. The summed E-state index contributed by atoms with van der Waals surface area (Å²) < 4.78 is 13.9. The van der Waals surface area contributed by atoms with Gasteiger partial charge in [0.2, 0.25) is 0 Å². The summed E-state index contributed by atoms with van der Waals surface area (Å²) in [5.74, 6) is -0.835. The van der Waals surface area contributed by atoms with Crippen molar-refractivity contribution in [1.82, 2.24) is 4.90 Å². The van der Waals surface area contributed by atoms with E-state index < -0.39 is 5.97 Å². The van der Waals surface area contributed by atoms with E-state index in [0.717, 1.165) is 30.6 Å². The van der Waals surface area contributed by atoms with E-state index in [0.29, 0.717) is 12.1 Å². The van der Waals surface area contributed by atoms with Crippen LogP contribution in [0.2, 0.25) is 0 Å². The van der Waals surface area contributed by atoms with Crippen molar-refractivity contribution in [1.29, 1.82) is 0 Å². The van der Waals surface area contributed by atoms with Crippen LogP contribution in [0.4, 0.5) is 4.39 Å². The zero-order valence-electron chi connectivity index (χ0n) is 12.2. The first-order valence-electron chi connectivity index (χ1n) is 7.42. The number of halogens is 1. The van der Waals surface area contributed by atoms with Crippen LogP contribution in [0, 0.1) is 5.82 Å². The summed E-state index contributed by atoms with van der Waals surface area (Å²) in [6.07, 6.45) is 0.930. The van der Waals surface area contributed by atoms with Gasteiger partial charge in [-0.1, -0.05) is 30.3 Å². The Hall–Kier alpha value is -2.20. The number of rotatable bonds is 4. The molecule has 1 aliphatic rings. The van der Waals surface area contributed by atoms with Crippen LogP contribution in [0.25, 0.3) is 0 Å². The summed E-state index contributed by atoms with van der Waals surface area (Å²) in [6, 6.07) is 14.0. The van der Waals surface area contributed by atoms with E-state index in [1.54, 1.807) is 24.3 Å². The molecule has 0 aliphatic carbocycles. The van der Waals surface area contributed by atoms with Crippen LogP contribution < -0.4 is 0 Å². The minimum atomic E-state index is -0.910. The summed E-state index contributed by atoms with van der Waals surface area (Å²) in [5.41, 5.74) is 2.07. The Kier molecular flexibility index (Phi) is 4.20. The zero-order valence-corrected chi connectivity index (χ0v) is 12.2. The first-order chi connectivity index (χ1) is 10.6. The Morgan fingerprint density at radius 2 is 2.05 bits per heavy atom. The number of aromatic carboxylic acids is 1. The van der Waals surface area contributed by atoms with Crippen molar-refractivity contribution >= 4 is 5.97 Å². The first-order valence-corrected chi connectivity index (χ1v) is 7.42. The van der Waals surface area contributed by atoms with Crippen molar-refractivity contribution in [2.24, 2.45) is 0 Å². The van der Waals surface area contributed by atoms with Crippen molar-refractivity contribution in [3.05, 3.63) is 71.0 Å². The van der Waals surface area contributed by atoms with E-state index in [2.05, 4.69) is 4.90 Å². The Morgan fingerprint density at radius 3 is 2.82 bits per heavy atom. The topological polar surface area (TPSA) is 40.5 Å². The highest BCUT2D eigenvalue weighted by atomic mass is 19.1. The molecular weight excluding hydrogens is 281 g/mol. The Morgan fingerprint density at radius 1 is 1.23 bits per heavy atom. The molecule has 114 valence electrons. The first kappa shape index (κ1) is 14.7. The van der Waals surface area contributed by atoms with Gasteiger partial charge in [0.1, 0.15) is 5.82 Å². The smallest absolute Gasteiger partial charge is 0.335 e. The van der Waals surface area contributed by atoms with Gasteiger partial charge in [0.05, 0.1) is 5.56 Å². The summed E-state index contributed by atoms with van der Waals surface area (Å²) in [4.78, 5) is 13.3. The van der Waals surface area contributed by atoms with Crippen LogP contribution >= 0.6 is 0 Å². The second-order valence-corrected chi connectivity index (χ2v) is 5.75. The van der Waals surface area contributed by atoms with Crippen LogP contribution in [-0.2, 0) is 6.54 Å². The zero-order chi connectivity index (χ0) is 15.5. The quantitative estimate of drug-likeness (QED) is 0.939. The summed E-state index contributed by atoms with van der Waals surface area (Å²) >= 11 is 0. The van der Waals surface area contributed by atoms with Gasteiger partial charge < -0.3 is 5.11 Å². The maximum atomic E-state index is 13.9. The van der Waals surface area contributed by atoms with Gasteiger partial charge in [0, 0.05) is 19.0 Å². The van der Waals surface area contributed by atoms with Crippen LogP contribution in [0.5, 0.6) is 0 Å². The molecule has 0 amide bonds. The van der Waals surface area contributed by atoms with Crippen LogP contribution in [-0.4, -0.2) is 29.1 Å². The largest absolute Gasteiger partial charge is 0.478 e. The Labute approximate surface area is 129 Å². The monoisotopic (exact) mass is 299 g/mol. The predicted octanol–water partition coefficient (Wildman–Crippen LogP) is 3.51. The van der Waals surface area contributed by atoms with E-state index in [9.17, 15) is 9.18 Å². The van der Waals surface area contributed by atoms with Crippen molar-refractivity contribution in [3.63, 3.8) is 0 Å². The molecule has 0 spiro atoms. The standard InChI is InChI=1S/C18H18FNO2/c19-17-7-2-1-6-16(17)15-8-9-20(12-15)11-13-4-3-5-14(10-13)18(21)22/h1-7,10,15H,8-9,11-12H2,(H,21,22). The van der Waals surface area contributed by atoms with Crippen molar-refractivity contribution in [2.75, 3.05) is 13.1 Å². The van der Waals surface area contributed by atoms with Crippen LogP contribution in [0.1, 0.15) is 33.8 Å². The molecule has 2 aromatic carbocycles. The third-order valence-electron chi connectivity index (χ3n) is 4.20. The molecule has 1 fully saturated rings. The molecule has 1 saturated heterocycles. The van der Waals surface area contributed by atoms with Crippen molar-refractivity contribution in [3.8, 4) is 0 Å². The van der Waals surface area contributed by atoms with E-state index in [1.807, 2.05) is 18.2 Å². The van der Waals surface area contributed by atoms with Gasteiger partial charge in [0.25, 0.3) is 0 Å². The molecule has 1 atom stereocenters. The van der Waals surface area contributed by atoms with Crippen molar-refractivity contribution in [2.45, 2.75) is 18.9 Å². The minimum Gasteiger partial charge on any atom is -0.478 e. The van der Waals surface area contributed by atoms with Gasteiger partial charge >= 0.3 is 5.97 Å². The van der Waals surface area contributed by atoms with Crippen LogP contribution in [0.3, 0.4) is 0 Å². The molecule has 1 aliphatic heterocycles. The van der Waals surface area contributed by atoms with Gasteiger partial charge in [-0.25, -0.2) is 9.18 Å². The molecule has 0 saturated carbocycles. The lowest BCUT2D eigenvalue weighted by atomic mass is 9.98. The van der Waals surface area contributed by atoms with Gasteiger partial charge in [-0.15, -0.1) is 0 Å². The number of carboxylic acids is 1. The fourth-order valence-corrected chi connectivity index (χ4v) is 3.10. The average molecular weight is 299 g/mol. The van der Waals surface area contributed by atoms with Gasteiger partial charge in [-0.05, 0) is 42.3 Å². The second kappa shape index (κ2) is 6.28. The second-order valence-electron chi connectivity index (χ2n) is 5.75. The number of benzene rings is 2. The average Bonchev–Trinajstić information content (AvgIpc) is 2.96. The van der Waals surface area contributed by atoms with Gasteiger partial charge in [-0.3, -0.25) is 4.90 Å². The minimum absolute atomic E-state index is 0.137. The molecule has 3 rings (SSSR count). The van der Waals surface area contributed by atoms with E-state index >= 15 is 0 Å². The number of likely N-dealkylation sites (tertiary alicyclic amines) is 1. The molecule has 22 heavy (non-hydrogen) atoms. The summed E-state index contributed by atoms with van der Waals surface area (Å²) in [7, 11) is 0. The molecule has 1 heterocycles. The number of carbonyl (C=O) groups is 1. The van der Waals surface area contributed by atoms with Crippen LogP contribution in [0.15, 0.2) is 48.5 Å². The number of hydrogen-bond donors (Lipinski definition) is 1. The number of hydrogen-bond acceptors (Lipinski definition) is 2. The third-order valence-corrected chi connectivity index (χ3v) is 4.20. The highest BCUT2D eigenvalue weighted by Gasteiger charge is 2.25. The molecule has 1 unspecified atom stereocenters. The highest BCUT2D eigenvalue weighted by Crippen LogP contribution is 2.29. The normalized spacial score (nSPS) is 18.5. The lowest BCUT2D eigenvalue weighted by Crippen LogP contribution is -2.20. The molecule has 0 aromatic heterocycles. The lowest BCUT2D eigenvalue weighted by Gasteiger charge is -2.17. The maximum absolute atomic E-state index is 13.9. The SMILES string of the molecule is O=C(O)c1cccc(CN2CCC(c3ccccc3F)C2)c1. The van der Waals surface area contributed by atoms with E-state index in [4.69, 9.17) is 5.11 Å². The predicted molar refractivity (Wildman–Crippen MR) is 82.4 cm³/mol. The summed E-state index contributed by atoms with van der Waals surface area (Å²) in [6.45, 7) is 2.40. The summed E-state index contributed by atoms with van der Waals surface area (Å²) in [5, 5.41) is 9.04. The molecule has 2 aromatic rings. The van der Waals surface area contributed by atoms with E-state index in [1.165, 1.54) is 6.07 Å². The molecule has 0 bridgehead atoms. The number of nitrogens with zero attached hydrogens (tertiary/aromatic N) is 1. The Bertz CT molecular complexity index is 686. The highest BCUT2D eigenvalue weighted by molar-refractivity contribution is 5.87. The molecule has 0 radical (unpaired) electrons. The Balaban J connectivity index is 1.67. The third kappa shape index (κ3) is 3.17. The van der Waals surface area contributed by atoms with Gasteiger partial charge in [0.15, 0.2) is 0 Å². The fraction of sp³-hybridized carbons (Fsp3) is 0.278. The van der Waals surface area contributed by atoms with E-state index in [-0.39, 0.29) is 11.7 Å². The molecule has 4 heteroatoms. The molecule has 1 N–H and O–H groups in total. The van der Waals surface area contributed by atoms with Crippen molar-refractivity contribution < 1.29 is 14.3 Å². The van der Waals surface area contributed by atoms with Gasteiger partial charge in [-0.2, -0.15) is 0 Å².